The van der Waals surface area contributed by atoms with Crippen LogP contribution in [0.25, 0.3) is 28.0 Å². The van der Waals surface area contributed by atoms with Crippen molar-refractivity contribution in [3.8, 4) is 22.5 Å². The first-order valence-corrected chi connectivity index (χ1v) is 13.0. The topological polar surface area (TPSA) is 84.2 Å². The third-order valence-corrected chi connectivity index (χ3v) is 6.60. The first kappa shape index (κ1) is 29.3. The molecule has 14 heteroatoms. The number of fused-ring (bicyclic) bond motifs is 1. The summed E-state index contributed by atoms with van der Waals surface area (Å²) in [4.78, 5) is 20.8. The molecule has 3 heterocycles. The summed E-state index contributed by atoms with van der Waals surface area (Å²) in [7, 11) is 0. The molecule has 0 aliphatic heterocycles. The highest BCUT2D eigenvalue weighted by molar-refractivity contribution is 6.05. The summed E-state index contributed by atoms with van der Waals surface area (Å²) < 4.78 is 99.0. The van der Waals surface area contributed by atoms with Gasteiger partial charge in [-0.2, -0.15) is 18.3 Å². The van der Waals surface area contributed by atoms with Crippen LogP contribution in [-0.2, 0) is 6.18 Å². The van der Waals surface area contributed by atoms with Crippen LogP contribution in [0.5, 0.6) is 0 Å². The Balaban J connectivity index is 1.48. The molecule has 1 amide bonds. The van der Waals surface area contributed by atoms with E-state index in [0.717, 1.165) is 53.3 Å². The molecule has 3 aromatic heterocycles. The lowest BCUT2D eigenvalue weighted by Gasteiger charge is -2.10. The Labute approximate surface area is 249 Å². The van der Waals surface area contributed by atoms with Gasteiger partial charge in [-0.3, -0.25) is 4.79 Å². The summed E-state index contributed by atoms with van der Waals surface area (Å²) in [6.07, 6.45) is -3.16. The Bertz CT molecular complexity index is 2070. The lowest BCUT2D eigenvalue weighted by molar-refractivity contribution is -0.137. The van der Waals surface area contributed by atoms with Crippen LogP contribution in [0.1, 0.15) is 15.9 Å². The maximum atomic E-state index is 15.4. The van der Waals surface area contributed by atoms with E-state index >= 15 is 4.39 Å². The number of carbonyl (C=O) groups excluding carboxylic acids is 1. The number of benzene rings is 3. The van der Waals surface area contributed by atoms with Gasteiger partial charge in [-0.05, 0) is 54.6 Å². The average Bonchev–Trinajstić information content (AvgIpc) is 3.37. The van der Waals surface area contributed by atoms with Gasteiger partial charge in [-0.1, -0.05) is 24.3 Å². The molecule has 226 valence electrons. The maximum Gasteiger partial charge on any atom is 0.417 e. The van der Waals surface area contributed by atoms with Crippen LogP contribution in [0.2, 0.25) is 0 Å². The van der Waals surface area contributed by atoms with Gasteiger partial charge in [0.2, 0.25) is 5.95 Å². The minimum absolute atomic E-state index is 0.0328. The van der Waals surface area contributed by atoms with Crippen LogP contribution in [0.4, 0.5) is 48.1 Å². The number of halogens is 7. The van der Waals surface area contributed by atoms with Gasteiger partial charge in [-0.25, -0.2) is 32.0 Å². The van der Waals surface area contributed by atoms with Crippen LogP contribution in [0.3, 0.4) is 0 Å². The van der Waals surface area contributed by atoms with Crippen molar-refractivity contribution in [3.63, 3.8) is 0 Å². The zero-order valence-electron chi connectivity index (χ0n) is 22.5. The number of pyridine rings is 1. The van der Waals surface area contributed by atoms with Crippen molar-refractivity contribution >= 4 is 28.7 Å². The highest BCUT2D eigenvalue weighted by Crippen LogP contribution is 2.38. The van der Waals surface area contributed by atoms with Crippen LogP contribution >= 0.6 is 0 Å². The van der Waals surface area contributed by atoms with E-state index in [0.29, 0.717) is 0 Å². The zero-order valence-corrected chi connectivity index (χ0v) is 22.5. The Hall–Kier alpha value is -5.79. The Morgan fingerprint density at radius 2 is 1.49 bits per heavy atom. The molecule has 0 saturated carbocycles. The number of carbonyl (C=O) groups is 1. The molecule has 45 heavy (non-hydrogen) atoms. The van der Waals surface area contributed by atoms with Crippen molar-refractivity contribution in [2.45, 2.75) is 6.18 Å². The number of amides is 1. The van der Waals surface area contributed by atoms with E-state index < -0.39 is 46.5 Å². The molecule has 2 N–H and O–H groups in total. The molecular formula is C31H17F7N6O. The van der Waals surface area contributed by atoms with Gasteiger partial charge in [0.05, 0.1) is 22.8 Å². The van der Waals surface area contributed by atoms with Crippen LogP contribution in [0, 0.1) is 23.3 Å². The molecule has 0 radical (unpaired) electrons. The molecule has 0 unspecified atom stereocenters. The zero-order chi connectivity index (χ0) is 31.9. The van der Waals surface area contributed by atoms with E-state index in [1.165, 1.54) is 42.5 Å². The van der Waals surface area contributed by atoms with Gasteiger partial charge in [0, 0.05) is 23.1 Å². The van der Waals surface area contributed by atoms with E-state index in [1.807, 2.05) is 0 Å². The third kappa shape index (κ3) is 5.89. The van der Waals surface area contributed by atoms with Gasteiger partial charge in [0.15, 0.2) is 5.82 Å². The molecule has 3 aromatic carbocycles. The molecule has 0 spiro atoms. The largest absolute Gasteiger partial charge is 0.417 e. The van der Waals surface area contributed by atoms with Crippen LogP contribution in [0.15, 0.2) is 91.3 Å². The van der Waals surface area contributed by atoms with Crippen molar-refractivity contribution in [3.05, 3.63) is 126 Å². The van der Waals surface area contributed by atoms with E-state index in [9.17, 15) is 31.1 Å². The van der Waals surface area contributed by atoms with Gasteiger partial charge in [0.25, 0.3) is 5.91 Å². The minimum atomic E-state index is -4.71. The number of alkyl halides is 3. The van der Waals surface area contributed by atoms with Gasteiger partial charge < -0.3 is 10.6 Å². The Morgan fingerprint density at radius 3 is 2.22 bits per heavy atom. The van der Waals surface area contributed by atoms with E-state index in [1.54, 1.807) is 0 Å². The highest BCUT2D eigenvalue weighted by atomic mass is 19.4. The normalized spacial score (nSPS) is 11.5. The highest BCUT2D eigenvalue weighted by Gasteiger charge is 2.32. The smallest absolute Gasteiger partial charge is 0.324 e. The van der Waals surface area contributed by atoms with Crippen LogP contribution < -0.4 is 10.6 Å². The molecule has 0 fully saturated rings. The minimum Gasteiger partial charge on any atom is -0.324 e. The number of hydrogen-bond donors (Lipinski definition) is 2. The number of nitrogens with one attached hydrogen (secondary N) is 2. The molecule has 0 saturated heterocycles. The summed E-state index contributed by atoms with van der Waals surface area (Å²) >= 11 is 0. The van der Waals surface area contributed by atoms with E-state index in [4.69, 9.17) is 0 Å². The standard InChI is InChI=1S/C31H17F7N6O/c32-18-5-2-7-20(13-18)41-30-39-14-23(35)28(42-30)26-24-11-10-17(31(36,37)38)15-44(24)43-27(26)16-4-1-6-19(12-16)40-29(45)25-21(33)8-3-9-22(25)34/h1-15H,(H,40,45)(H,39,41,42). The SMILES string of the molecule is O=C(Nc1cccc(-c2nn3cc(C(F)(F)F)ccc3c2-c2nc(Nc3cccc(F)c3)ncc2F)c1)c1c(F)cccc1F. The summed E-state index contributed by atoms with van der Waals surface area (Å²) in [6.45, 7) is 0. The maximum absolute atomic E-state index is 15.4. The second-order valence-electron chi connectivity index (χ2n) is 9.63. The summed E-state index contributed by atoms with van der Waals surface area (Å²) in [5.74, 6) is -4.93. The lowest BCUT2D eigenvalue weighted by atomic mass is 10.0. The van der Waals surface area contributed by atoms with Gasteiger partial charge in [0.1, 0.15) is 34.4 Å². The fourth-order valence-electron chi connectivity index (χ4n) is 4.60. The summed E-state index contributed by atoms with van der Waals surface area (Å²) in [5, 5.41) is 9.43. The Morgan fingerprint density at radius 1 is 0.778 bits per heavy atom. The molecule has 0 aliphatic rings. The molecule has 0 aliphatic carbocycles. The van der Waals surface area contributed by atoms with E-state index in [2.05, 4.69) is 25.7 Å². The molecule has 0 atom stereocenters. The first-order chi connectivity index (χ1) is 21.5. The predicted molar refractivity (Wildman–Crippen MR) is 151 cm³/mol. The Kier molecular flexibility index (Phi) is 7.40. The quantitative estimate of drug-likeness (QED) is 0.184. The van der Waals surface area contributed by atoms with Crippen molar-refractivity contribution in [1.82, 2.24) is 19.6 Å². The third-order valence-electron chi connectivity index (χ3n) is 6.60. The molecule has 7 nitrogen and oxygen atoms in total. The lowest BCUT2D eigenvalue weighted by Crippen LogP contribution is -2.15. The first-order valence-electron chi connectivity index (χ1n) is 13.0. The monoisotopic (exact) mass is 622 g/mol. The number of nitrogens with zero attached hydrogens (tertiary/aromatic N) is 4. The summed E-state index contributed by atoms with van der Waals surface area (Å²) in [5.41, 5.74) is -1.75. The van der Waals surface area contributed by atoms with Crippen molar-refractivity contribution in [1.29, 1.82) is 0 Å². The average molecular weight is 623 g/mol. The predicted octanol–water partition coefficient (Wildman–Crippen LogP) is 8.03. The van der Waals surface area contributed by atoms with Crippen molar-refractivity contribution < 1.29 is 35.5 Å². The molecule has 6 rings (SSSR count). The van der Waals surface area contributed by atoms with Crippen molar-refractivity contribution in [2.24, 2.45) is 0 Å². The fraction of sp³-hybridized carbons (Fsp3) is 0.0323. The van der Waals surface area contributed by atoms with Crippen molar-refractivity contribution in [2.75, 3.05) is 10.6 Å². The second-order valence-corrected chi connectivity index (χ2v) is 9.63. The number of aromatic nitrogens is 4. The molecular weight excluding hydrogens is 605 g/mol. The van der Waals surface area contributed by atoms with Gasteiger partial charge >= 0.3 is 6.18 Å². The summed E-state index contributed by atoms with van der Waals surface area (Å²) in [6, 6.07) is 15.8. The second kappa shape index (κ2) is 11.4. The van der Waals surface area contributed by atoms with Gasteiger partial charge in [-0.15, -0.1) is 0 Å². The van der Waals surface area contributed by atoms with Crippen LogP contribution in [-0.4, -0.2) is 25.5 Å². The number of hydrogen-bond acceptors (Lipinski definition) is 5. The number of anilines is 3. The van der Waals surface area contributed by atoms with E-state index in [-0.39, 0.29) is 45.4 Å². The fourth-order valence-corrected chi connectivity index (χ4v) is 4.60. The molecule has 6 aromatic rings. The molecule has 0 bridgehead atoms. The number of rotatable bonds is 6.